The molecule has 0 radical (unpaired) electrons. The van der Waals surface area contributed by atoms with Crippen LogP contribution in [0.3, 0.4) is 0 Å². The van der Waals surface area contributed by atoms with Gasteiger partial charge in [0.2, 0.25) is 0 Å². The van der Waals surface area contributed by atoms with Crippen molar-refractivity contribution in [3.63, 3.8) is 0 Å². The Balaban J connectivity index is 1.56. The lowest BCUT2D eigenvalue weighted by molar-refractivity contribution is -0.321. The van der Waals surface area contributed by atoms with E-state index in [1.807, 2.05) is 91.0 Å². The van der Waals surface area contributed by atoms with Crippen LogP contribution in [0.15, 0.2) is 91.0 Å². The zero-order valence-electron chi connectivity index (χ0n) is 19.4. The molecule has 0 saturated carbocycles. The molecule has 0 spiro atoms. The Bertz CT molecular complexity index is 895. The van der Waals surface area contributed by atoms with Crippen molar-refractivity contribution in [3.8, 4) is 0 Å². The molecule has 3 aromatic carbocycles. The van der Waals surface area contributed by atoms with E-state index in [2.05, 4.69) is 0 Å². The molecule has 5 atom stereocenters. The minimum Gasteiger partial charge on any atom is -0.394 e. The molecule has 6 heteroatoms. The lowest BCUT2D eigenvalue weighted by Gasteiger charge is -2.45. The molecular weight excluding hydrogens is 432 g/mol. The van der Waals surface area contributed by atoms with Gasteiger partial charge in [0.05, 0.1) is 26.4 Å². The van der Waals surface area contributed by atoms with E-state index in [0.29, 0.717) is 19.8 Å². The predicted molar refractivity (Wildman–Crippen MR) is 128 cm³/mol. The molecule has 6 nitrogen and oxygen atoms in total. The van der Waals surface area contributed by atoms with Gasteiger partial charge in [-0.15, -0.1) is 0 Å². The maximum atomic E-state index is 10.1. The molecule has 0 bridgehead atoms. The molecule has 1 fully saturated rings. The molecular formula is C28H32O6. The fraction of sp³-hybridized carbons (Fsp3) is 0.357. The topological polar surface area (TPSA) is 66.4 Å². The predicted octanol–water partition coefficient (Wildman–Crippen LogP) is 4.11. The van der Waals surface area contributed by atoms with E-state index in [0.717, 1.165) is 16.7 Å². The Kier molecular flexibility index (Phi) is 9.21. The molecule has 1 aliphatic heterocycles. The van der Waals surface area contributed by atoms with Crippen molar-refractivity contribution >= 4 is 0 Å². The summed E-state index contributed by atoms with van der Waals surface area (Å²) in [5.41, 5.74) is 3.09. The highest BCUT2D eigenvalue weighted by atomic mass is 16.7. The van der Waals surface area contributed by atoms with Crippen LogP contribution in [0.1, 0.15) is 16.7 Å². The second-order valence-electron chi connectivity index (χ2n) is 8.24. The Hall–Kier alpha value is -2.58. The normalized spacial score (nSPS) is 24.7. The first-order valence-corrected chi connectivity index (χ1v) is 11.5. The maximum Gasteiger partial charge on any atom is 0.186 e. The number of methoxy groups -OCH3 is 1. The quantitative estimate of drug-likeness (QED) is 0.461. The summed E-state index contributed by atoms with van der Waals surface area (Å²) in [6, 6.07) is 29.8. The fourth-order valence-corrected chi connectivity index (χ4v) is 4.08. The summed E-state index contributed by atoms with van der Waals surface area (Å²) in [6.07, 6.45) is -2.97. The lowest BCUT2D eigenvalue weighted by atomic mass is 9.98. The summed E-state index contributed by atoms with van der Waals surface area (Å²) in [5, 5.41) is 10.1. The summed E-state index contributed by atoms with van der Waals surface area (Å²) in [6.45, 7) is 0.876. The number of aliphatic hydroxyl groups excluding tert-OH is 1. The van der Waals surface area contributed by atoms with Gasteiger partial charge in [0, 0.05) is 7.11 Å². The van der Waals surface area contributed by atoms with E-state index < -0.39 is 30.7 Å². The Morgan fingerprint density at radius 2 is 1.03 bits per heavy atom. The number of aliphatic hydroxyl groups is 1. The largest absolute Gasteiger partial charge is 0.394 e. The van der Waals surface area contributed by atoms with E-state index in [1.54, 1.807) is 7.11 Å². The number of benzene rings is 3. The van der Waals surface area contributed by atoms with Crippen molar-refractivity contribution in [2.24, 2.45) is 0 Å². The monoisotopic (exact) mass is 464 g/mol. The average molecular weight is 465 g/mol. The number of rotatable bonds is 11. The third-order valence-corrected chi connectivity index (χ3v) is 5.86. The highest BCUT2D eigenvalue weighted by Crippen LogP contribution is 2.30. The minimum absolute atomic E-state index is 0.226. The van der Waals surface area contributed by atoms with E-state index in [-0.39, 0.29) is 6.61 Å². The van der Waals surface area contributed by atoms with Crippen LogP contribution in [0.25, 0.3) is 0 Å². The van der Waals surface area contributed by atoms with Crippen LogP contribution in [-0.4, -0.2) is 49.5 Å². The highest BCUT2D eigenvalue weighted by Gasteiger charge is 2.48. The average Bonchev–Trinajstić information content (AvgIpc) is 2.91. The van der Waals surface area contributed by atoms with Crippen molar-refractivity contribution in [1.82, 2.24) is 0 Å². The zero-order chi connectivity index (χ0) is 23.6. The van der Waals surface area contributed by atoms with Crippen LogP contribution < -0.4 is 0 Å². The van der Waals surface area contributed by atoms with Gasteiger partial charge in [0.15, 0.2) is 6.29 Å². The minimum atomic E-state index is -0.710. The smallest absolute Gasteiger partial charge is 0.186 e. The van der Waals surface area contributed by atoms with E-state index in [9.17, 15) is 5.11 Å². The molecule has 180 valence electrons. The van der Waals surface area contributed by atoms with Crippen molar-refractivity contribution in [3.05, 3.63) is 108 Å². The van der Waals surface area contributed by atoms with E-state index in [1.165, 1.54) is 0 Å². The SMILES string of the molecule is CO[C@@H]1OC(CO)[C@H](OCc2ccccc2)C(OCc2ccccc2)C1OCc1ccccc1. The molecule has 4 rings (SSSR count). The second kappa shape index (κ2) is 12.8. The van der Waals surface area contributed by atoms with Gasteiger partial charge < -0.3 is 28.8 Å². The summed E-state index contributed by atoms with van der Waals surface area (Å²) in [5.74, 6) is 0. The number of hydrogen-bond acceptors (Lipinski definition) is 6. The van der Waals surface area contributed by atoms with Crippen molar-refractivity contribution in [2.75, 3.05) is 13.7 Å². The van der Waals surface area contributed by atoms with Gasteiger partial charge in [0.1, 0.15) is 24.4 Å². The summed E-state index contributed by atoms with van der Waals surface area (Å²) in [4.78, 5) is 0. The molecule has 1 saturated heterocycles. The molecule has 34 heavy (non-hydrogen) atoms. The molecule has 3 unspecified atom stereocenters. The van der Waals surface area contributed by atoms with Crippen LogP contribution in [0, 0.1) is 0 Å². The molecule has 1 aliphatic rings. The van der Waals surface area contributed by atoms with Crippen molar-refractivity contribution < 1.29 is 28.8 Å². The van der Waals surface area contributed by atoms with Crippen LogP contribution >= 0.6 is 0 Å². The first-order chi connectivity index (χ1) is 16.8. The van der Waals surface area contributed by atoms with Gasteiger partial charge in [-0.3, -0.25) is 0 Å². The Morgan fingerprint density at radius 1 is 0.618 bits per heavy atom. The van der Waals surface area contributed by atoms with Gasteiger partial charge >= 0.3 is 0 Å². The number of hydrogen-bond donors (Lipinski definition) is 1. The summed E-state index contributed by atoms with van der Waals surface area (Å²) in [7, 11) is 1.57. The summed E-state index contributed by atoms with van der Waals surface area (Å²) >= 11 is 0. The molecule has 3 aromatic rings. The van der Waals surface area contributed by atoms with Crippen LogP contribution in [0.5, 0.6) is 0 Å². The van der Waals surface area contributed by atoms with E-state index >= 15 is 0 Å². The standard InChI is InChI=1S/C28H32O6/c1-30-28-27(33-20-23-15-9-4-10-16-23)26(32-19-22-13-7-3-8-14-22)25(24(17-29)34-28)31-18-21-11-5-2-6-12-21/h2-16,24-29H,17-20H2,1H3/t24?,25-,26?,27?,28+/m0/s1. The molecule has 0 amide bonds. The van der Waals surface area contributed by atoms with E-state index in [4.69, 9.17) is 23.7 Å². The zero-order valence-corrected chi connectivity index (χ0v) is 19.4. The summed E-state index contributed by atoms with van der Waals surface area (Å²) < 4.78 is 30.7. The molecule has 0 aliphatic carbocycles. The highest BCUT2D eigenvalue weighted by molar-refractivity contribution is 5.15. The van der Waals surface area contributed by atoms with Gasteiger partial charge in [-0.2, -0.15) is 0 Å². The van der Waals surface area contributed by atoms with Crippen LogP contribution in [0.2, 0.25) is 0 Å². The number of ether oxygens (including phenoxy) is 5. The van der Waals surface area contributed by atoms with Gasteiger partial charge in [-0.05, 0) is 16.7 Å². The van der Waals surface area contributed by atoms with Crippen molar-refractivity contribution in [1.29, 1.82) is 0 Å². The Labute approximate surface area is 201 Å². The third-order valence-electron chi connectivity index (χ3n) is 5.86. The van der Waals surface area contributed by atoms with Gasteiger partial charge in [-0.1, -0.05) is 91.0 Å². The van der Waals surface area contributed by atoms with Gasteiger partial charge in [0.25, 0.3) is 0 Å². The first kappa shape index (κ1) is 24.5. The first-order valence-electron chi connectivity index (χ1n) is 11.5. The third kappa shape index (κ3) is 6.51. The molecule has 1 heterocycles. The lowest BCUT2D eigenvalue weighted by Crippen LogP contribution is -2.61. The van der Waals surface area contributed by atoms with Crippen LogP contribution in [-0.2, 0) is 43.5 Å². The molecule has 0 aromatic heterocycles. The van der Waals surface area contributed by atoms with Crippen molar-refractivity contribution in [2.45, 2.75) is 50.5 Å². The van der Waals surface area contributed by atoms with Gasteiger partial charge in [-0.25, -0.2) is 0 Å². The maximum absolute atomic E-state index is 10.1. The van der Waals surface area contributed by atoms with Crippen LogP contribution in [0.4, 0.5) is 0 Å². The molecule has 1 N–H and O–H groups in total. The second-order valence-corrected chi connectivity index (χ2v) is 8.24. The fourth-order valence-electron chi connectivity index (χ4n) is 4.08. The Morgan fingerprint density at radius 3 is 1.44 bits per heavy atom.